The Kier molecular flexibility index (Phi) is 9.84. The molecule has 0 aliphatic rings. The zero-order chi connectivity index (χ0) is 23.0. The van der Waals surface area contributed by atoms with Crippen molar-refractivity contribution in [1.82, 2.24) is 4.72 Å². The summed E-state index contributed by atoms with van der Waals surface area (Å²) in [4.78, 5) is 0. The molecule has 1 N–H and O–H groups in total. The number of rotatable bonds is 11. The van der Waals surface area contributed by atoms with Crippen molar-refractivity contribution >= 4 is 30.1 Å². The average molecular weight is 460 g/mol. The van der Waals surface area contributed by atoms with Crippen molar-refractivity contribution < 1.29 is 8.98 Å². The highest BCUT2D eigenvalue weighted by Gasteiger charge is 2.49. The van der Waals surface area contributed by atoms with Crippen molar-refractivity contribution in [3.8, 4) is 0 Å². The van der Waals surface area contributed by atoms with Crippen molar-refractivity contribution in [1.29, 1.82) is 0 Å². The van der Waals surface area contributed by atoms with Crippen LogP contribution >= 0.6 is 0 Å². The summed E-state index contributed by atoms with van der Waals surface area (Å²) in [5.41, 5.74) is 0. The second-order valence-corrected chi connectivity index (χ2v) is 16.6. The minimum Gasteiger partial charge on any atom is -0.598 e. The van der Waals surface area contributed by atoms with Crippen LogP contribution in [0.4, 0.5) is 0 Å². The molecule has 2 aromatic rings. The van der Waals surface area contributed by atoms with Gasteiger partial charge in [0, 0.05) is 24.5 Å². The summed E-state index contributed by atoms with van der Waals surface area (Å²) in [7, 11) is -2.41. The lowest BCUT2D eigenvalue weighted by Crippen LogP contribution is -2.66. The van der Waals surface area contributed by atoms with Gasteiger partial charge in [0.05, 0.1) is 0 Å². The van der Waals surface area contributed by atoms with Gasteiger partial charge in [-0.15, -0.1) is 4.72 Å². The molecule has 3 nitrogen and oxygen atoms in total. The maximum absolute atomic E-state index is 12.1. The summed E-state index contributed by atoms with van der Waals surface area (Å²) in [6.07, 6.45) is 4.34. The fourth-order valence-corrected chi connectivity index (χ4v) is 9.32. The smallest absolute Gasteiger partial charge is 0.261 e. The van der Waals surface area contributed by atoms with Gasteiger partial charge >= 0.3 is 0 Å². The van der Waals surface area contributed by atoms with Gasteiger partial charge in [-0.2, -0.15) is 0 Å². The number of hydrogen-bond acceptors (Lipinski definition) is 3. The Morgan fingerprint density at radius 1 is 0.774 bits per heavy atom. The minimum absolute atomic E-state index is 0.0245. The largest absolute Gasteiger partial charge is 0.598 e. The lowest BCUT2D eigenvalue weighted by atomic mass is 10.2. The summed E-state index contributed by atoms with van der Waals surface area (Å²) >= 11 is -0.980. The predicted octanol–water partition coefficient (Wildman–Crippen LogP) is 5.18. The SMILES string of the molecule is CC(C)(C)[S+]([O-])NCCCCCCO[Si](c1ccccc1)(c1ccccc1)C(C)(C)C. The molecule has 2 rings (SSSR count). The maximum atomic E-state index is 12.1. The minimum atomic E-state index is -2.41. The van der Waals surface area contributed by atoms with Crippen molar-refractivity contribution in [2.75, 3.05) is 13.2 Å². The molecule has 1 atom stereocenters. The first-order valence-corrected chi connectivity index (χ1v) is 14.6. The van der Waals surface area contributed by atoms with Crippen molar-refractivity contribution in [3.05, 3.63) is 60.7 Å². The molecule has 0 spiro atoms. The van der Waals surface area contributed by atoms with E-state index < -0.39 is 19.7 Å². The van der Waals surface area contributed by atoms with Gasteiger partial charge in [-0.1, -0.05) is 94.3 Å². The second-order valence-electron chi connectivity index (χ2n) is 10.2. The second kappa shape index (κ2) is 11.7. The van der Waals surface area contributed by atoms with E-state index in [1.807, 2.05) is 20.8 Å². The first-order valence-electron chi connectivity index (χ1n) is 11.5. The lowest BCUT2D eigenvalue weighted by molar-refractivity contribution is 0.286. The molecule has 0 heterocycles. The summed E-state index contributed by atoms with van der Waals surface area (Å²) < 4.78 is 21.9. The summed E-state index contributed by atoms with van der Waals surface area (Å²) in [5, 5.41) is 2.70. The molecule has 0 amide bonds. The third-order valence-corrected chi connectivity index (χ3v) is 12.2. The summed E-state index contributed by atoms with van der Waals surface area (Å²) in [6, 6.07) is 21.6. The van der Waals surface area contributed by atoms with E-state index in [-0.39, 0.29) is 9.79 Å². The Balaban J connectivity index is 1.98. The molecule has 31 heavy (non-hydrogen) atoms. The monoisotopic (exact) mass is 459 g/mol. The van der Waals surface area contributed by atoms with Crippen LogP contribution in [-0.2, 0) is 15.8 Å². The van der Waals surface area contributed by atoms with E-state index in [0.29, 0.717) is 0 Å². The van der Waals surface area contributed by atoms with Gasteiger partial charge in [0.25, 0.3) is 8.32 Å². The number of benzene rings is 2. The molecule has 2 aromatic carbocycles. The molecule has 0 aromatic heterocycles. The van der Waals surface area contributed by atoms with Crippen molar-refractivity contribution in [2.45, 2.75) is 77.0 Å². The van der Waals surface area contributed by atoms with E-state index in [1.165, 1.54) is 10.4 Å². The van der Waals surface area contributed by atoms with Crippen LogP contribution in [0.25, 0.3) is 0 Å². The molecule has 5 heteroatoms. The molecule has 172 valence electrons. The Morgan fingerprint density at radius 3 is 1.71 bits per heavy atom. The van der Waals surface area contributed by atoms with Crippen molar-refractivity contribution in [2.24, 2.45) is 0 Å². The molecule has 0 saturated heterocycles. The molecule has 0 saturated carbocycles. The van der Waals surface area contributed by atoms with E-state index in [9.17, 15) is 4.55 Å². The van der Waals surface area contributed by atoms with E-state index >= 15 is 0 Å². The van der Waals surface area contributed by atoms with Gasteiger partial charge in [-0.05, 0) is 49.0 Å². The van der Waals surface area contributed by atoms with E-state index in [1.54, 1.807) is 0 Å². The Labute approximate surface area is 194 Å². The topological polar surface area (TPSA) is 44.3 Å². The van der Waals surface area contributed by atoms with Crippen LogP contribution in [0.2, 0.25) is 5.04 Å². The molecule has 0 bridgehead atoms. The predicted molar refractivity (Wildman–Crippen MR) is 138 cm³/mol. The highest BCUT2D eigenvalue weighted by Crippen LogP contribution is 2.36. The molecular formula is C26H41NO2SSi. The van der Waals surface area contributed by atoms with Gasteiger partial charge in [0.1, 0.15) is 4.75 Å². The zero-order valence-electron chi connectivity index (χ0n) is 20.2. The summed E-state index contributed by atoms with van der Waals surface area (Å²) in [6.45, 7) is 14.5. The van der Waals surface area contributed by atoms with Crippen LogP contribution in [0, 0.1) is 0 Å². The first kappa shape index (κ1) is 26.1. The fourth-order valence-electron chi connectivity index (χ4n) is 3.95. The van der Waals surface area contributed by atoms with Gasteiger partial charge in [0.15, 0.2) is 0 Å². The van der Waals surface area contributed by atoms with E-state index in [4.69, 9.17) is 4.43 Å². The molecule has 0 fully saturated rings. The van der Waals surface area contributed by atoms with Gasteiger partial charge < -0.3 is 8.98 Å². The zero-order valence-corrected chi connectivity index (χ0v) is 22.1. The van der Waals surface area contributed by atoms with Crippen LogP contribution in [0.1, 0.15) is 67.2 Å². The number of nitrogens with one attached hydrogen (secondary N) is 1. The highest BCUT2D eigenvalue weighted by molar-refractivity contribution is 7.90. The quantitative estimate of drug-likeness (QED) is 0.286. The van der Waals surface area contributed by atoms with Gasteiger partial charge in [-0.3, -0.25) is 0 Å². The Hall–Kier alpha value is -1.11. The van der Waals surface area contributed by atoms with E-state index in [0.717, 1.165) is 38.8 Å². The molecule has 0 aliphatic carbocycles. The van der Waals surface area contributed by atoms with Crippen LogP contribution in [0.15, 0.2) is 60.7 Å². The van der Waals surface area contributed by atoms with E-state index in [2.05, 4.69) is 86.2 Å². The number of hydrogen-bond donors (Lipinski definition) is 1. The maximum Gasteiger partial charge on any atom is 0.261 e. The highest BCUT2D eigenvalue weighted by atomic mass is 32.2. The van der Waals surface area contributed by atoms with Gasteiger partial charge in [0.2, 0.25) is 0 Å². The summed E-state index contributed by atoms with van der Waals surface area (Å²) in [5.74, 6) is 0. The third kappa shape index (κ3) is 7.19. The number of unbranched alkanes of at least 4 members (excludes halogenated alkanes) is 3. The Bertz CT molecular complexity index is 717. The standard InChI is InChI=1S/C26H41NO2SSi/c1-25(2,3)30(28)27-21-15-7-8-16-22-29-31(26(4,5)6,23-17-11-9-12-18-23)24-19-13-10-14-20-24/h9-14,17-20,27H,7-8,15-16,21-22H2,1-6H3. The van der Waals surface area contributed by atoms with Crippen LogP contribution in [0.5, 0.6) is 0 Å². The fraction of sp³-hybridized carbons (Fsp3) is 0.538. The van der Waals surface area contributed by atoms with Crippen LogP contribution in [0.3, 0.4) is 0 Å². The van der Waals surface area contributed by atoms with Gasteiger partial charge in [-0.25, -0.2) is 0 Å². The Morgan fingerprint density at radius 2 is 1.26 bits per heavy atom. The lowest BCUT2D eigenvalue weighted by Gasteiger charge is -2.43. The average Bonchev–Trinajstić information content (AvgIpc) is 2.72. The molecule has 0 aliphatic heterocycles. The van der Waals surface area contributed by atoms with Crippen LogP contribution < -0.4 is 15.1 Å². The van der Waals surface area contributed by atoms with Crippen molar-refractivity contribution in [3.63, 3.8) is 0 Å². The molecule has 0 radical (unpaired) electrons. The molecule has 1 unspecified atom stereocenters. The molecular weight excluding hydrogens is 418 g/mol. The van der Waals surface area contributed by atoms with Crippen LogP contribution in [-0.4, -0.2) is 30.8 Å². The third-order valence-electron chi connectivity index (χ3n) is 5.60. The normalized spacial score (nSPS) is 13.9. The first-order chi connectivity index (χ1) is 14.6.